The molecule has 2 heterocycles. The number of likely N-dealkylation sites (tertiary alicyclic amines) is 1. The Morgan fingerprint density at radius 2 is 1.84 bits per heavy atom. The average Bonchev–Trinajstić information content (AvgIpc) is 2.65. The van der Waals surface area contributed by atoms with Gasteiger partial charge in [0.1, 0.15) is 0 Å². The van der Waals surface area contributed by atoms with Crippen LogP contribution in [0.3, 0.4) is 0 Å². The van der Waals surface area contributed by atoms with Crippen LogP contribution in [0, 0.1) is 5.92 Å². The summed E-state index contributed by atoms with van der Waals surface area (Å²) in [7, 11) is 0. The maximum absolute atomic E-state index is 6.52. The van der Waals surface area contributed by atoms with Gasteiger partial charge in [0, 0.05) is 34.5 Å². The van der Waals surface area contributed by atoms with Crippen molar-refractivity contribution in [2.75, 3.05) is 19.6 Å². The van der Waals surface area contributed by atoms with Crippen LogP contribution in [-0.2, 0) is 0 Å². The van der Waals surface area contributed by atoms with E-state index in [1.165, 1.54) is 74.9 Å². The highest BCUT2D eigenvalue weighted by Crippen LogP contribution is 2.37. The van der Waals surface area contributed by atoms with Crippen LogP contribution in [0.4, 0.5) is 0 Å². The topological polar surface area (TPSA) is 16.1 Å². The third kappa shape index (κ3) is 4.50. The monoisotopic (exact) mass is 374 g/mol. The molecule has 0 radical (unpaired) electrons. The predicted octanol–water partition coefficient (Wildman–Crippen LogP) is 6.03. The van der Waals surface area contributed by atoms with Gasteiger partial charge >= 0.3 is 0 Å². The van der Waals surface area contributed by atoms with Crippen molar-refractivity contribution in [2.45, 2.75) is 55.1 Å². The van der Waals surface area contributed by atoms with Crippen LogP contribution in [0.5, 0.6) is 0 Å². The summed E-state index contributed by atoms with van der Waals surface area (Å²) in [5, 5.41) is 3.92. The third-order valence-electron chi connectivity index (χ3n) is 5.76. The molecule has 1 saturated heterocycles. The minimum Gasteiger partial charge on any atom is -0.303 e. The molecule has 0 bridgehead atoms. The summed E-state index contributed by atoms with van der Waals surface area (Å²) in [5.41, 5.74) is 0. The second kappa shape index (κ2) is 8.28. The van der Waals surface area contributed by atoms with Crippen LogP contribution in [0.25, 0.3) is 10.8 Å². The number of benzene rings is 1. The minimum absolute atomic E-state index is 0.694. The molecule has 0 unspecified atom stereocenters. The van der Waals surface area contributed by atoms with E-state index in [0.29, 0.717) is 5.25 Å². The van der Waals surface area contributed by atoms with Gasteiger partial charge in [-0.1, -0.05) is 30.9 Å². The van der Waals surface area contributed by atoms with E-state index in [-0.39, 0.29) is 0 Å². The molecule has 134 valence electrons. The van der Waals surface area contributed by atoms with Crippen molar-refractivity contribution in [3.8, 4) is 0 Å². The van der Waals surface area contributed by atoms with Crippen molar-refractivity contribution in [3.05, 3.63) is 35.6 Å². The second-order valence-electron chi connectivity index (χ2n) is 7.63. The van der Waals surface area contributed by atoms with Crippen LogP contribution < -0.4 is 0 Å². The molecular formula is C21H27ClN2S. The minimum atomic E-state index is 0.694. The van der Waals surface area contributed by atoms with Gasteiger partial charge in [-0.15, -0.1) is 11.8 Å². The first-order valence-corrected chi connectivity index (χ1v) is 11.0. The Balaban J connectivity index is 1.33. The molecule has 0 amide bonds. The quantitative estimate of drug-likeness (QED) is 0.650. The Hall–Kier alpha value is -0.770. The number of halogens is 1. The fraction of sp³-hybridized carbons (Fsp3) is 0.571. The zero-order valence-corrected chi connectivity index (χ0v) is 16.4. The van der Waals surface area contributed by atoms with Crippen LogP contribution in [-0.4, -0.2) is 34.8 Å². The van der Waals surface area contributed by atoms with Crippen molar-refractivity contribution >= 4 is 34.1 Å². The van der Waals surface area contributed by atoms with E-state index in [0.717, 1.165) is 16.3 Å². The Kier molecular flexibility index (Phi) is 5.84. The smallest absolute Gasteiger partial charge is 0.0548 e. The first kappa shape index (κ1) is 17.6. The lowest BCUT2D eigenvalue weighted by Crippen LogP contribution is -2.38. The summed E-state index contributed by atoms with van der Waals surface area (Å²) in [4.78, 5) is 8.12. The first-order chi connectivity index (χ1) is 12.3. The van der Waals surface area contributed by atoms with Crippen molar-refractivity contribution in [1.29, 1.82) is 0 Å². The van der Waals surface area contributed by atoms with Gasteiger partial charge < -0.3 is 4.90 Å². The van der Waals surface area contributed by atoms with Crippen molar-refractivity contribution < 1.29 is 0 Å². The highest BCUT2D eigenvalue weighted by atomic mass is 35.5. The number of hydrogen-bond acceptors (Lipinski definition) is 3. The molecule has 4 heteroatoms. The van der Waals surface area contributed by atoms with Crippen LogP contribution in [0.15, 0.2) is 35.5 Å². The lowest BCUT2D eigenvalue weighted by atomic mass is 9.88. The van der Waals surface area contributed by atoms with Gasteiger partial charge in [0.15, 0.2) is 0 Å². The molecule has 1 saturated carbocycles. The van der Waals surface area contributed by atoms with Gasteiger partial charge in [-0.05, 0) is 68.3 Å². The Morgan fingerprint density at radius 3 is 2.64 bits per heavy atom. The van der Waals surface area contributed by atoms with E-state index in [1.54, 1.807) is 0 Å². The molecule has 0 N–H and O–H groups in total. The molecule has 2 aromatic rings. The molecule has 1 aliphatic heterocycles. The number of piperidine rings is 1. The van der Waals surface area contributed by atoms with Crippen molar-refractivity contribution in [2.24, 2.45) is 5.92 Å². The summed E-state index contributed by atoms with van der Waals surface area (Å²) < 4.78 is 0. The number of nitrogens with zero attached hydrogens (tertiary/aromatic N) is 2. The molecular weight excluding hydrogens is 348 g/mol. The van der Waals surface area contributed by atoms with Crippen LogP contribution in [0.2, 0.25) is 5.02 Å². The zero-order chi connectivity index (χ0) is 17.1. The Labute approximate surface area is 160 Å². The number of aromatic nitrogens is 1. The normalized spacial score (nSPS) is 21.0. The predicted molar refractivity (Wildman–Crippen MR) is 109 cm³/mol. The Morgan fingerprint density at radius 1 is 1.04 bits per heavy atom. The average molecular weight is 375 g/mol. The summed E-state index contributed by atoms with van der Waals surface area (Å²) in [5.74, 6) is 0.960. The first-order valence-electron chi connectivity index (χ1n) is 9.70. The molecule has 1 aliphatic carbocycles. The fourth-order valence-corrected chi connectivity index (χ4v) is 5.78. The number of thioether (sulfide) groups is 1. The lowest BCUT2D eigenvalue weighted by molar-refractivity contribution is 0.176. The number of rotatable bonds is 4. The van der Waals surface area contributed by atoms with Gasteiger partial charge in [0.2, 0.25) is 0 Å². The number of hydrogen-bond donors (Lipinski definition) is 0. The van der Waals surface area contributed by atoms with E-state index in [4.69, 9.17) is 11.6 Å². The summed E-state index contributed by atoms with van der Waals surface area (Å²) in [6, 6.07) is 6.37. The van der Waals surface area contributed by atoms with E-state index in [1.807, 2.05) is 24.2 Å². The highest BCUT2D eigenvalue weighted by molar-refractivity contribution is 8.00. The van der Waals surface area contributed by atoms with Gasteiger partial charge in [-0.3, -0.25) is 4.98 Å². The van der Waals surface area contributed by atoms with Crippen LogP contribution in [0.1, 0.15) is 44.9 Å². The largest absolute Gasteiger partial charge is 0.303 e. The van der Waals surface area contributed by atoms with E-state index >= 15 is 0 Å². The molecule has 0 atom stereocenters. The summed E-state index contributed by atoms with van der Waals surface area (Å²) in [6.45, 7) is 3.84. The van der Waals surface area contributed by atoms with Gasteiger partial charge in [-0.2, -0.15) is 0 Å². The third-order valence-corrected chi connectivity index (χ3v) is 7.58. The number of pyridine rings is 1. The lowest BCUT2D eigenvalue weighted by Gasteiger charge is -2.35. The maximum atomic E-state index is 6.52. The molecule has 1 aromatic carbocycles. The zero-order valence-electron chi connectivity index (χ0n) is 14.8. The molecule has 0 spiro atoms. The maximum Gasteiger partial charge on any atom is 0.0548 e. The fourth-order valence-electron chi connectivity index (χ4n) is 4.30. The molecule has 25 heavy (non-hydrogen) atoms. The van der Waals surface area contributed by atoms with Crippen molar-refractivity contribution in [1.82, 2.24) is 9.88 Å². The molecule has 2 fully saturated rings. The Bertz CT molecular complexity index is 706. The SMILES string of the molecule is Clc1cc2cnccc2cc1SC1CCN(CC2CCCCC2)CC1. The van der Waals surface area contributed by atoms with E-state index in [9.17, 15) is 0 Å². The van der Waals surface area contributed by atoms with Gasteiger partial charge in [0.05, 0.1) is 5.02 Å². The molecule has 4 rings (SSSR count). The molecule has 1 aromatic heterocycles. The number of fused-ring (bicyclic) bond motifs is 1. The van der Waals surface area contributed by atoms with E-state index in [2.05, 4.69) is 28.1 Å². The summed E-state index contributed by atoms with van der Waals surface area (Å²) in [6.07, 6.45) is 13.6. The second-order valence-corrected chi connectivity index (χ2v) is 9.38. The molecule has 2 nitrogen and oxygen atoms in total. The van der Waals surface area contributed by atoms with Crippen LogP contribution >= 0.6 is 23.4 Å². The van der Waals surface area contributed by atoms with Gasteiger partial charge in [0.25, 0.3) is 0 Å². The molecule has 2 aliphatic rings. The van der Waals surface area contributed by atoms with Crippen molar-refractivity contribution in [3.63, 3.8) is 0 Å². The van der Waals surface area contributed by atoms with Gasteiger partial charge in [-0.25, -0.2) is 0 Å². The standard InChI is InChI=1S/C21H27ClN2S/c22-20-12-18-14-23-9-6-17(18)13-21(20)25-19-7-10-24(11-8-19)15-16-4-2-1-3-5-16/h6,9,12-14,16,19H,1-5,7-8,10-11,15H2. The van der Waals surface area contributed by atoms with E-state index < -0.39 is 0 Å². The summed E-state index contributed by atoms with van der Waals surface area (Å²) >= 11 is 8.50. The highest BCUT2D eigenvalue weighted by Gasteiger charge is 2.23.